The van der Waals surface area contributed by atoms with Crippen LogP contribution in [0.4, 0.5) is 0 Å². The second-order valence-electron chi connectivity index (χ2n) is 6.52. The highest BCUT2D eigenvalue weighted by Gasteiger charge is 2.24. The van der Waals surface area contributed by atoms with Gasteiger partial charge in [-0.15, -0.1) is 0 Å². The Morgan fingerprint density at radius 2 is 1.96 bits per heavy atom. The fraction of sp³-hybridized carbons (Fsp3) is 0.474. The summed E-state index contributed by atoms with van der Waals surface area (Å²) in [6.07, 6.45) is 0.833. The second kappa shape index (κ2) is 8.21. The minimum atomic E-state index is 0.251. The molecule has 4 nitrogen and oxygen atoms in total. The van der Waals surface area contributed by atoms with E-state index in [-0.39, 0.29) is 6.61 Å². The number of hydrogen-bond donors (Lipinski definition) is 1. The molecular formula is C19H26N2O2S. The number of likely N-dealkylation sites (N-methyl/N-ethyl adjacent to an activating group) is 1. The lowest BCUT2D eigenvalue weighted by molar-refractivity contribution is 0.0696. The van der Waals surface area contributed by atoms with E-state index in [2.05, 4.69) is 60.2 Å². The summed E-state index contributed by atoms with van der Waals surface area (Å²) in [7, 11) is 2.14. The third kappa shape index (κ3) is 4.63. The van der Waals surface area contributed by atoms with Crippen molar-refractivity contribution in [3.05, 3.63) is 47.7 Å². The molecule has 1 aliphatic rings. The molecule has 2 heterocycles. The van der Waals surface area contributed by atoms with Gasteiger partial charge in [-0.25, -0.2) is 0 Å². The van der Waals surface area contributed by atoms with Crippen molar-refractivity contribution in [1.29, 1.82) is 0 Å². The quantitative estimate of drug-likeness (QED) is 0.869. The lowest BCUT2D eigenvalue weighted by Gasteiger charge is -2.39. The minimum Gasteiger partial charge on any atom is -0.453 e. The van der Waals surface area contributed by atoms with Gasteiger partial charge in [-0.1, -0.05) is 29.5 Å². The standard InChI is InChI=1S/C19H26N2O2S/c1-15-3-6-18(7-4-15)24-19-8-5-17(23-19)14-21-11-10-20(2)16(13-21)9-12-22/h3-8,16,22H,9-14H2,1-2H3. The zero-order valence-electron chi connectivity index (χ0n) is 14.4. The Morgan fingerprint density at radius 3 is 2.71 bits per heavy atom. The van der Waals surface area contributed by atoms with Gasteiger partial charge in [0.05, 0.1) is 6.54 Å². The normalized spacial score (nSPS) is 19.7. The number of hydrogen-bond acceptors (Lipinski definition) is 5. The van der Waals surface area contributed by atoms with Crippen LogP contribution in [0.1, 0.15) is 17.7 Å². The van der Waals surface area contributed by atoms with E-state index >= 15 is 0 Å². The Hall–Kier alpha value is -1.27. The molecule has 1 fully saturated rings. The molecule has 24 heavy (non-hydrogen) atoms. The summed E-state index contributed by atoms with van der Waals surface area (Å²) in [5.41, 5.74) is 1.27. The summed E-state index contributed by atoms with van der Waals surface area (Å²) < 4.78 is 6.00. The lowest BCUT2D eigenvalue weighted by Crippen LogP contribution is -2.51. The highest BCUT2D eigenvalue weighted by atomic mass is 32.2. The molecule has 0 bridgehead atoms. The fourth-order valence-electron chi connectivity index (χ4n) is 3.06. The lowest BCUT2D eigenvalue weighted by atomic mass is 10.1. The number of aliphatic hydroxyl groups excluding tert-OH is 1. The summed E-state index contributed by atoms with van der Waals surface area (Å²) in [5.74, 6) is 1.01. The van der Waals surface area contributed by atoms with Gasteiger partial charge in [-0.05, 0) is 44.7 Å². The first kappa shape index (κ1) is 17.5. The van der Waals surface area contributed by atoms with Crippen LogP contribution in [0.3, 0.4) is 0 Å². The zero-order valence-corrected chi connectivity index (χ0v) is 15.3. The van der Waals surface area contributed by atoms with Gasteiger partial charge < -0.3 is 14.4 Å². The molecule has 2 aromatic rings. The average Bonchev–Trinajstić information content (AvgIpc) is 3.00. The van der Waals surface area contributed by atoms with Crippen molar-refractivity contribution in [1.82, 2.24) is 9.80 Å². The molecule has 0 amide bonds. The first-order valence-corrected chi connectivity index (χ1v) is 9.32. The summed E-state index contributed by atoms with van der Waals surface area (Å²) in [6, 6.07) is 13.1. The number of piperazine rings is 1. The van der Waals surface area contributed by atoms with Gasteiger partial charge in [0.15, 0.2) is 5.09 Å². The monoisotopic (exact) mass is 346 g/mol. The molecule has 0 saturated carbocycles. The molecule has 130 valence electrons. The van der Waals surface area contributed by atoms with E-state index in [4.69, 9.17) is 4.42 Å². The maximum atomic E-state index is 9.21. The Morgan fingerprint density at radius 1 is 1.17 bits per heavy atom. The first-order valence-electron chi connectivity index (χ1n) is 8.51. The summed E-state index contributed by atoms with van der Waals surface area (Å²) in [6.45, 7) is 6.25. The van der Waals surface area contributed by atoms with E-state index in [0.29, 0.717) is 6.04 Å². The Kier molecular flexibility index (Phi) is 6.00. The molecule has 3 rings (SSSR count). The number of rotatable bonds is 6. The highest BCUT2D eigenvalue weighted by molar-refractivity contribution is 7.99. The molecule has 0 aliphatic carbocycles. The van der Waals surface area contributed by atoms with Crippen molar-refractivity contribution < 1.29 is 9.52 Å². The number of nitrogens with zero attached hydrogens (tertiary/aromatic N) is 2. The summed E-state index contributed by atoms with van der Waals surface area (Å²) >= 11 is 1.66. The van der Waals surface area contributed by atoms with Crippen molar-refractivity contribution in [2.24, 2.45) is 0 Å². The highest BCUT2D eigenvalue weighted by Crippen LogP contribution is 2.30. The first-order chi connectivity index (χ1) is 11.6. The van der Waals surface area contributed by atoms with Gasteiger partial charge in [0, 0.05) is 37.2 Å². The number of benzene rings is 1. The molecule has 1 aromatic carbocycles. The van der Waals surface area contributed by atoms with Crippen LogP contribution in [0.5, 0.6) is 0 Å². The van der Waals surface area contributed by atoms with Gasteiger partial charge in [0.1, 0.15) is 5.76 Å². The molecule has 1 unspecified atom stereocenters. The smallest absolute Gasteiger partial charge is 0.165 e. The van der Waals surface area contributed by atoms with E-state index in [0.717, 1.165) is 43.5 Å². The Bertz CT molecular complexity index is 641. The topological polar surface area (TPSA) is 39.9 Å². The van der Waals surface area contributed by atoms with Crippen LogP contribution in [0.25, 0.3) is 0 Å². The van der Waals surface area contributed by atoms with Gasteiger partial charge in [0.2, 0.25) is 0 Å². The Balaban J connectivity index is 1.56. The van der Waals surface area contributed by atoms with Crippen LogP contribution >= 0.6 is 11.8 Å². The van der Waals surface area contributed by atoms with E-state index in [1.807, 2.05) is 0 Å². The predicted molar refractivity (Wildman–Crippen MR) is 97.4 cm³/mol. The molecular weight excluding hydrogens is 320 g/mol. The molecule has 1 N–H and O–H groups in total. The van der Waals surface area contributed by atoms with E-state index in [1.165, 1.54) is 10.5 Å². The minimum absolute atomic E-state index is 0.251. The van der Waals surface area contributed by atoms with Crippen molar-refractivity contribution in [2.45, 2.75) is 35.9 Å². The van der Waals surface area contributed by atoms with Crippen LogP contribution in [0, 0.1) is 6.92 Å². The van der Waals surface area contributed by atoms with Crippen LogP contribution < -0.4 is 0 Å². The molecule has 1 atom stereocenters. The van der Waals surface area contributed by atoms with Crippen molar-refractivity contribution in [3.8, 4) is 0 Å². The second-order valence-corrected chi connectivity index (χ2v) is 7.60. The van der Waals surface area contributed by atoms with E-state index in [1.54, 1.807) is 11.8 Å². The number of aliphatic hydroxyl groups is 1. The van der Waals surface area contributed by atoms with E-state index < -0.39 is 0 Å². The fourth-order valence-corrected chi connectivity index (χ4v) is 3.84. The van der Waals surface area contributed by atoms with Gasteiger partial charge in [-0.2, -0.15) is 0 Å². The maximum absolute atomic E-state index is 9.21. The van der Waals surface area contributed by atoms with Crippen LogP contribution in [0.15, 0.2) is 50.8 Å². The summed E-state index contributed by atoms with van der Waals surface area (Å²) in [4.78, 5) is 5.96. The third-order valence-electron chi connectivity index (χ3n) is 4.58. The largest absolute Gasteiger partial charge is 0.453 e. The van der Waals surface area contributed by atoms with Gasteiger partial charge >= 0.3 is 0 Å². The Labute approximate surface area is 148 Å². The molecule has 1 aliphatic heterocycles. The molecule has 0 spiro atoms. The molecule has 1 aromatic heterocycles. The molecule has 5 heteroatoms. The van der Waals surface area contributed by atoms with Crippen molar-refractivity contribution in [2.75, 3.05) is 33.3 Å². The predicted octanol–water partition coefficient (Wildman–Crippen LogP) is 3.24. The van der Waals surface area contributed by atoms with E-state index in [9.17, 15) is 5.11 Å². The van der Waals surface area contributed by atoms with Gasteiger partial charge in [0.25, 0.3) is 0 Å². The number of aryl methyl sites for hydroxylation is 1. The van der Waals surface area contributed by atoms with Gasteiger partial charge in [-0.3, -0.25) is 4.90 Å². The summed E-state index contributed by atoms with van der Waals surface area (Å²) in [5, 5.41) is 10.1. The number of furan rings is 1. The average molecular weight is 346 g/mol. The maximum Gasteiger partial charge on any atom is 0.165 e. The van der Waals surface area contributed by atoms with Crippen LogP contribution in [-0.4, -0.2) is 54.2 Å². The molecule has 0 radical (unpaired) electrons. The van der Waals surface area contributed by atoms with Crippen LogP contribution in [0.2, 0.25) is 0 Å². The zero-order chi connectivity index (χ0) is 16.9. The third-order valence-corrected chi connectivity index (χ3v) is 5.51. The molecule has 1 saturated heterocycles. The van der Waals surface area contributed by atoms with Crippen molar-refractivity contribution >= 4 is 11.8 Å². The van der Waals surface area contributed by atoms with Crippen LogP contribution in [-0.2, 0) is 6.54 Å². The van der Waals surface area contributed by atoms with Crippen molar-refractivity contribution in [3.63, 3.8) is 0 Å². The SMILES string of the molecule is Cc1ccc(Sc2ccc(CN3CCN(C)C(CCO)C3)o2)cc1.